The van der Waals surface area contributed by atoms with E-state index in [1.807, 2.05) is 0 Å². The molecule has 0 fully saturated rings. The topological polar surface area (TPSA) is 3.24 Å². The summed E-state index contributed by atoms with van der Waals surface area (Å²) in [5.74, 6) is 0. The highest BCUT2D eigenvalue weighted by molar-refractivity contribution is 6.00. The number of benzene rings is 9. The van der Waals surface area contributed by atoms with Crippen LogP contribution in [0.3, 0.4) is 0 Å². The van der Waals surface area contributed by atoms with Crippen molar-refractivity contribution in [2.24, 2.45) is 0 Å². The summed E-state index contributed by atoms with van der Waals surface area (Å²) in [4.78, 5) is 2.64. The standard InChI is InChI=1S/C56H37N/c1-2-14-36-33-53-49(31-35(36)13-1)47-21-8-10-25-52(47)56(53)51-24-9-7-20-46(51)48-23-11-17-39(55(48)56)34-57(41-27-28-44-40(30-41)29-37-15-3-5-18-42(37)44)54-26-12-22-45-43-19-6-4-16-38(43)32-50(45)54/h1-28,30-31,33H,29,32,34H2. The minimum Gasteiger partial charge on any atom is -0.337 e. The molecule has 1 atom stereocenters. The second-order valence-corrected chi connectivity index (χ2v) is 16.3. The molecule has 1 heteroatoms. The van der Waals surface area contributed by atoms with Crippen LogP contribution in [0.4, 0.5) is 11.4 Å². The lowest BCUT2D eigenvalue weighted by molar-refractivity contribution is 0.774. The van der Waals surface area contributed by atoms with Crippen molar-refractivity contribution in [3.8, 4) is 44.5 Å². The Morgan fingerprint density at radius 2 is 0.965 bits per heavy atom. The van der Waals surface area contributed by atoms with Gasteiger partial charge in [0.2, 0.25) is 0 Å². The average molecular weight is 724 g/mol. The van der Waals surface area contributed by atoms with Gasteiger partial charge in [0.1, 0.15) is 0 Å². The Morgan fingerprint density at radius 3 is 1.75 bits per heavy atom. The van der Waals surface area contributed by atoms with Gasteiger partial charge in [-0.1, -0.05) is 158 Å². The number of fused-ring (bicyclic) bond motifs is 17. The predicted molar refractivity (Wildman–Crippen MR) is 235 cm³/mol. The highest BCUT2D eigenvalue weighted by atomic mass is 15.1. The molecule has 4 aliphatic carbocycles. The molecule has 1 nitrogen and oxygen atoms in total. The van der Waals surface area contributed by atoms with E-state index in [1.54, 1.807) is 0 Å². The molecule has 4 aliphatic rings. The lowest BCUT2D eigenvalue weighted by atomic mass is 9.69. The van der Waals surface area contributed by atoms with E-state index in [2.05, 4.69) is 193 Å². The molecule has 266 valence electrons. The van der Waals surface area contributed by atoms with Crippen LogP contribution in [-0.2, 0) is 24.8 Å². The van der Waals surface area contributed by atoms with E-state index in [0.717, 1.165) is 19.4 Å². The smallest absolute Gasteiger partial charge is 0.0729 e. The van der Waals surface area contributed by atoms with Crippen LogP contribution in [0.1, 0.15) is 50.1 Å². The summed E-state index contributed by atoms with van der Waals surface area (Å²) < 4.78 is 0. The van der Waals surface area contributed by atoms with Gasteiger partial charge >= 0.3 is 0 Å². The van der Waals surface area contributed by atoms with Crippen molar-refractivity contribution < 1.29 is 0 Å². The van der Waals surface area contributed by atoms with E-state index in [-0.39, 0.29) is 0 Å². The van der Waals surface area contributed by atoms with E-state index < -0.39 is 5.41 Å². The zero-order valence-corrected chi connectivity index (χ0v) is 31.5. The van der Waals surface area contributed by atoms with E-state index in [4.69, 9.17) is 0 Å². The van der Waals surface area contributed by atoms with Crippen LogP contribution in [0.15, 0.2) is 188 Å². The first-order chi connectivity index (χ1) is 28.3. The lowest BCUT2D eigenvalue weighted by Gasteiger charge is -2.34. The van der Waals surface area contributed by atoms with Gasteiger partial charge in [0.25, 0.3) is 0 Å². The molecule has 0 aromatic heterocycles. The number of rotatable bonds is 4. The zero-order valence-electron chi connectivity index (χ0n) is 31.5. The molecule has 13 rings (SSSR count). The van der Waals surface area contributed by atoms with Crippen molar-refractivity contribution in [2.75, 3.05) is 4.90 Å². The molecular formula is C56H37N. The molecule has 1 unspecified atom stereocenters. The number of hydrogen-bond acceptors (Lipinski definition) is 1. The Balaban J connectivity index is 1.06. The van der Waals surface area contributed by atoms with Gasteiger partial charge < -0.3 is 4.90 Å². The molecule has 0 saturated carbocycles. The Hall–Kier alpha value is -6.96. The van der Waals surface area contributed by atoms with Crippen molar-refractivity contribution in [1.82, 2.24) is 0 Å². The maximum atomic E-state index is 2.64. The quantitative estimate of drug-likeness (QED) is 0.175. The third kappa shape index (κ3) is 4.18. The van der Waals surface area contributed by atoms with E-state index in [0.29, 0.717) is 0 Å². The van der Waals surface area contributed by atoms with Gasteiger partial charge in [-0.05, 0) is 142 Å². The van der Waals surface area contributed by atoms with Crippen LogP contribution >= 0.6 is 0 Å². The van der Waals surface area contributed by atoms with E-state index in [1.165, 1.54) is 117 Å². The van der Waals surface area contributed by atoms with E-state index in [9.17, 15) is 0 Å². The van der Waals surface area contributed by atoms with Crippen molar-refractivity contribution in [3.63, 3.8) is 0 Å². The fourth-order valence-electron chi connectivity index (χ4n) is 11.3. The largest absolute Gasteiger partial charge is 0.337 e. The van der Waals surface area contributed by atoms with Crippen molar-refractivity contribution in [1.29, 1.82) is 0 Å². The van der Waals surface area contributed by atoms with Gasteiger partial charge in [-0.2, -0.15) is 0 Å². The molecule has 0 amide bonds. The molecule has 1 spiro atoms. The van der Waals surface area contributed by atoms with Crippen LogP contribution in [0.25, 0.3) is 55.3 Å². The van der Waals surface area contributed by atoms with Crippen molar-refractivity contribution in [2.45, 2.75) is 24.8 Å². The van der Waals surface area contributed by atoms with Gasteiger partial charge in [0, 0.05) is 24.3 Å². The van der Waals surface area contributed by atoms with Gasteiger partial charge in [0.15, 0.2) is 0 Å². The monoisotopic (exact) mass is 723 g/mol. The second kappa shape index (κ2) is 11.5. The zero-order chi connectivity index (χ0) is 37.2. The molecule has 0 heterocycles. The Labute approximate surface area is 333 Å². The minimum atomic E-state index is -0.446. The molecule has 0 N–H and O–H groups in total. The van der Waals surface area contributed by atoms with E-state index >= 15 is 0 Å². The fraction of sp³-hybridized carbons (Fsp3) is 0.0714. The fourth-order valence-corrected chi connectivity index (χ4v) is 11.3. The Bertz CT molecular complexity index is 3180. The first kappa shape index (κ1) is 31.3. The first-order valence-electron chi connectivity index (χ1n) is 20.3. The van der Waals surface area contributed by atoms with Gasteiger partial charge in [0.05, 0.1) is 5.41 Å². The summed E-state index contributed by atoms with van der Waals surface area (Å²) in [5, 5.41) is 2.57. The lowest BCUT2D eigenvalue weighted by Crippen LogP contribution is -2.29. The van der Waals surface area contributed by atoms with Crippen LogP contribution in [0.2, 0.25) is 0 Å². The molecule has 0 bridgehead atoms. The normalized spacial score (nSPS) is 15.7. The van der Waals surface area contributed by atoms with Crippen molar-refractivity contribution in [3.05, 3.63) is 238 Å². The molecular weight excluding hydrogens is 687 g/mol. The Morgan fingerprint density at radius 1 is 0.386 bits per heavy atom. The number of hydrogen-bond donors (Lipinski definition) is 0. The Kier molecular flexibility index (Phi) is 6.33. The maximum Gasteiger partial charge on any atom is 0.0729 e. The number of nitrogens with zero attached hydrogens (tertiary/aromatic N) is 1. The van der Waals surface area contributed by atoms with Gasteiger partial charge in [-0.25, -0.2) is 0 Å². The molecule has 57 heavy (non-hydrogen) atoms. The highest BCUT2D eigenvalue weighted by Gasteiger charge is 2.52. The summed E-state index contributed by atoms with van der Waals surface area (Å²) in [5.41, 5.74) is 25.5. The van der Waals surface area contributed by atoms with Crippen LogP contribution < -0.4 is 4.90 Å². The highest BCUT2D eigenvalue weighted by Crippen LogP contribution is 2.64. The van der Waals surface area contributed by atoms with Gasteiger partial charge in [-0.15, -0.1) is 0 Å². The van der Waals surface area contributed by atoms with Gasteiger partial charge in [-0.3, -0.25) is 0 Å². The number of anilines is 2. The molecule has 0 aliphatic heterocycles. The summed E-state index contributed by atoms with van der Waals surface area (Å²) in [7, 11) is 0. The third-order valence-electron chi connectivity index (χ3n) is 13.6. The predicted octanol–water partition coefficient (Wildman–Crippen LogP) is 13.7. The van der Waals surface area contributed by atoms with Crippen LogP contribution in [-0.4, -0.2) is 0 Å². The van der Waals surface area contributed by atoms with Crippen molar-refractivity contribution >= 4 is 22.1 Å². The summed E-state index contributed by atoms with van der Waals surface area (Å²) in [6.07, 6.45) is 1.90. The summed E-state index contributed by atoms with van der Waals surface area (Å²) >= 11 is 0. The van der Waals surface area contributed by atoms with Crippen LogP contribution in [0.5, 0.6) is 0 Å². The summed E-state index contributed by atoms with van der Waals surface area (Å²) in [6, 6.07) is 71.4. The average Bonchev–Trinajstić information content (AvgIpc) is 4.00. The molecule has 0 radical (unpaired) electrons. The molecule has 9 aromatic carbocycles. The maximum absolute atomic E-state index is 2.64. The first-order valence-corrected chi connectivity index (χ1v) is 20.3. The summed E-state index contributed by atoms with van der Waals surface area (Å²) in [6.45, 7) is 0.739. The third-order valence-corrected chi connectivity index (χ3v) is 13.6. The molecule has 9 aromatic rings. The second-order valence-electron chi connectivity index (χ2n) is 16.3. The minimum absolute atomic E-state index is 0.446. The molecule has 0 saturated heterocycles. The SMILES string of the molecule is c1ccc2c(c1)Cc1cc(N(Cc3cccc4c3C3(c5ccccc5-c5cc6ccccc6cc53)c3ccccc3-4)c3cccc4c3Cc3ccccc3-4)ccc1-2. The van der Waals surface area contributed by atoms with Crippen LogP contribution in [0, 0.1) is 0 Å².